The third-order valence-electron chi connectivity index (χ3n) is 4.13. The molecular formula is C20H25N4O4+. The first-order chi connectivity index (χ1) is 13.4. The molecule has 8 nitrogen and oxygen atoms in total. The molecule has 2 rings (SSSR count). The molecule has 2 aromatic carbocycles. The summed E-state index contributed by atoms with van der Waals surface area (Å²) < 4.78 is 0. The highest BCUT2D eigenvalue weighted by Crippen LogP contribution is 2.12. The summed E-state index contributed by atoms with van der Waals surface area (Å²) in [4.78, 5) is 35.7. The van der Waals surface area contributed by atoms with Crippen LogP contribution in [0.3, 0.4) is 0 Å². The predicted molar refractivity (Wildman–Crippen MR) is 105 cm³/mol. The fourth-order valence-corrected chi connectivity index (χ4v) is 2.74. The first-order valence-corrected chi connectivity index (χ1v) is 9.03. The van der Waals surface area contributed by atoms with Crippen molar-refractivity contribution >= 4 is 17.5 Å². The number of hydrogen-bond acceptors (Lipinski definition) is 4. The van der Waals surface area contributed by atoms with Crippen molar-refractivity contribution < 1.29 is 19.4 Å². The number of quaternary nitrogens is 1. The molecule has 0 aromatic heterocycles. The number of rotatable bonds is 9. The number of carbonyl (C=O) groups excluding carboxylic acids is 2. The van der Waals surface area contributed by atoms with Gasteiger partial charge in [-0.1, -0.05) is 30.3 Å². The topological polar surface area (TPSA) is 106 Å². The van der Waals surface area contributed by atoms with Gasteiger partial charge in [0.1, 0.15) is 12.6 Å². The summed E-state index contributed by atoms with van der Waals surface area (Å²) in [6.07, 6.45) is 0.144. The number of nitro benzene ring substituents is 1. The van der Waals surface area contributed by atoms with E-state index in [9.17, 15) is 19.7 Å². The molecule has 28 heavy (non-hydrogen) atoms. The first-order valence-electron chi connectivity index (χ1n) is 9.03. The monoisotopic (exact) mass is 385 g/mol. The van der Waals surface area contributed by atoms with Crippen molar-refractivity contribution in [1.82, 2.24) is 10.6 Å². The van der Waals surface area contributed by atoms with E-state index in [2.05, 4.69) is 10.6 Å². The lowest BCUT2D eigenvalue weighted by Gasteiger charge is -2.21. The Morgan fingerprint density at radius 2 is 1.71 bits per heavy atom. The fraction of sp³-hybridized carbons (Fsp3) is 0.300. The van der Waals surface area contributed by atoms with Gasteiger partial charge in [-0.15, -0.1) is 0 Å². The highest BCUT2D eigenvalue weighted by Gasteiger charge is 2.17. The Bertz CT molecular complexity index is 807. The van der Waals surface area contributed by atoms with Crippen LogP contribution in [0.25, 0.3) is 0 Å². The summed E-state index contributed by atoms with van der Waals surface area (Å²) in [6.45, 7) is 0.920. The number of nitrogens with one attached hydrogen (secondary N) is 3. The Morgan fingerprint density at radius 1 is 1.07 bits per heavy atom. The number of amides is 2. The van der Waals surface area contributed by atoms with Crippen LogP contribution in [0.1, 0.15) is 28.4 Å². The molecule has 0 fully saturated rings. The zero-order chi connectivity index (χ0) is 20.5. The van der Waals surface area contributed by atoms with E-state index in [0.29, 0.717) is 5.56 Å². The Balaban J connectivity index is 1.85. The van der Waals surface area contributed by atoms with Crippen LogP contribution in [0.2, 0.25) is 0 Å². The Labute approximate surface area is 163 Å². The molecule has 1 atom stereocenters. The maximum atomic E-state index is 12.3. The minimum atomic E-state index is -0.523. The van der Waals surface area contributed by atoms with E-state index in [1.807, 2.05) is 44.4 Å². The molecule has 2 amide bonds. The van der Waals surface area contributed by atoms with Crippen molar-refractivity contribution in [3.8, 4) is 0 Å². The second kappa shape index (κ2) is 10.2. The van der Waals surface area contributed by atoms with Crippen LogP contribution < -0.4 is 15.5 Å². The number of non-ortho nitro benzene ring substituents is 1. The maximum absolute atomic E-state index is 12.3. The second-order valence-corrected chi connectivity index (χ2v) is 6.75. The van der Waals surface area contributed by atoms with Gasteiger partial charge in [0, 0.05) is 30.7 Å². The van der Waals surface area contributed by atoms with Crippen molar-refractivity contribution in [2.45, 2.75) is 12.5 Å². The molecule has 0 aliphatic carbocycles. The van der Waals surface area contributed by atoms with Gasteiger partial charge in [0.2, 0.25) is 5.91 Å². The molecule has 148 valence electrons. The van der Waals surface area contributed by atoms with Crippen molar-refractivity contribution in [1.29, 1.82) is 0 Å². The van der Waals surface area contributed by atoms with Crippen LogP contribution in [0.4, 0.5) is 5.69 Å². The van der Waals surface area contributed by atoms with Gasteiger partial charge < -0.3 is 15.5 Å². The van der Waals surface area contributed by atoms with Gasteiger partial charge in [0.05, 0.1) is 19.0 Å². The van der Waals surface area contributed by atoms with Gasteiger partial charge >= 0.3 is 0 Å². The maximum Gasteiger partial charge on any atom is 0.269 e. The molecule has 8 heteroatoms. The number of nitro groups is 1. The first kappa shape index (κ1) is 21.0. The molecule has 0 unspecified atom stereocenters. The Morgan fingerprint density at radius 3 is 2.29 bits per heavy atom. The van der Waals surface area contributed by atoms with Crippen LogP contribution in [0.5, 0.6) is 0 Å². The van der Waals surface area contributed by atoms with Gasteiger partial charge in [-0.3, -0.25) is 19.7 Å². The van der Waals surface area contributed by atoms with E-state index in [-0.39, 0.29) is 36.5 Å². The second-order valence-electron chi connectivity index (χ2n) is 6.75. The van der Waals surface area contributed by atoms with E-state index in [4.69, 9.17) is 0 Å². The average molecular weight is 385 g/mol. The molecule has 2 aromatic rings. The van der Waals surface area contributed by atoms with E-state index in [1.54, 1.807) is 0 Å². The largest absolute Gasteiger partial charge is 0.352 e. The van der Waals surface area contributed by atoms with Crippen molar-refractivity contribution in [3.63, 3.8) is 0 Å². The molecule has 0 aliphatic rings. The van der Waals surface area contributed by atoms with Crippen LogP contribution in [-0.4, -0.2) is 43.9 Å². The number of nitrogens with zero attached hydrogens (tertiary/aromatic N) is 1. The number of carbonyl (C=O) groups is 2. The van der Waals surface area contributed by atoms with Crippen molar-refractivity contribution in [2.75, 3.05) is 27.2 Å². The van der Waals surface area contributed by atoms with Gasteiger partial charge in [-0.2, -0.15) is 0 Å². The summed E-state index contributed by atoms with van der Waals surface area (Å²) in [5.41, 5.74) is 1.27. The number of likely N-dealkylation sites (N-methyl/N-ethyl adjacent to an activating group) is 1. The molecule has 0 saturated heterocycles. The van der Waals surface area contributed by atoms with Gasteiger partial charge in [-0.25, -0.2) is 0 Å². The molecule has 0 heterocycles. The third-order valence-corrected chi connectivity index (χ3v) is 4.13. The molecule has 0 aliphatic heterocycles. The summed E-state index contributed by atoms with van der Waals surface area (Å²) in [6, 6.07) is 15.0. The minimum Gasteiger partial charge on any atom is -0.352 e. The Hall–Kier alpha value is -3.26. The van der Waals surface area contributed by atoms with Gasteiger partial charge in [0.15, 0.2) is 0 Å². The summed E-state index contributed by atoms with van der Waals surface area (Å²) in [5, 5.41) is 16.3. The average Bonchev–Trinajstić information content (AvgIpc) is 2.67. The predicted octanol–water partition coefficient (Wildman–Crippen LogP) is 0.717. The molecule has 0 saturated carbocycles. The zero-order valence-electron chi connectivity index (χ0n) is 16.0. The molecular weight excluding hydrogens is 360 g/mol. The smallest absolute Gasteiger partial charge is 0.269 e. The molecule has 0 radical (unpaired) electrons. The van der Waals surface area contributed by atoms with E-state index in [1.165, 1.54) is 29.2 Å². The molecule has 0 spiro atoms. The summed E-state index contributed by atoms with van der Waals surface area (Å²) in [5.74, 6) is -0.529. The van der Waals surface area contributed by atoms with E-state index in [0.717, 1.165) is 12.1 Å². The normalized spacial score (nSPS) is 11.7. The highest BCUT2D eigenvalue weighted by molar-refractivity contribution is 5.94. The molecule has 3 N–H and O–H groups in total. The fourth-order valence-electron chi connectivity index (χ4n) is 2.74. The van der Waals surface area contributed by atoms with Gasteiger partial charge in [-0.05, 0) is 17.7 Å². The van der Waals surface area contributed by atoms with Crippen LogP contribution >= 0.6 is 0 Å². The van der Waals surface area contributed by atoms with E-state index >= 15 is 0 Å². The highest BCUT2D eigenvalue weighted by atomic mass is 16.6. The number of hydrogen-bond donors (Lipinski definition) is 3. The van der Waals surface area contributed by atoms with E-state index < -0.39 is 4.92 Å². The lowest BCUT2D eigenvalue weighted by molar-refractivity contribution is -0.860. The standard InChI is InChI=1S/C20H24N4O4/c1-23(2)14-18(15-6-4-3-5-7-15)22-19(25)12-13-21-20(26)16-8-10-17(11-9-16)24(27)28/h3-11,18H,12-14H2,1-2H3,(H,21,26)(H,22,25)/p+1/t18-/m0/s1. The summed E-state index contributed by atoms with van der Waals surface area (Å²) >= 11 is 0. The van der Waals surface area contributed by atoms with Gasteiger partial charge in [0.25, 0.3) is 11.6 Å². The van der Waals surface area contributed by atoms with Crippen LogP contribution in [0, 0.1) is 10.1 Å². The molecule has 0 bridgehead atoms. The SMILES string of the molecule is C[NH+](C)C[C@H](NC(=O)CCNC(=O)c1ccc([N+](=O)[O-])cc1)c1ccccc1. The van der Waals surface area contributed by atoms with Crippen LogP contribution in [-0.2, 0) is 4.79 Å². The Kier molecular flexibility index (Phi) is 7.65. The van der Waals surface area contributed by atoms with Crippen LogP contribution in [0.15, 0.2) is 54.6 Å². The minimum absolute atomic E-state index is 0.0779. The third kappa shape index (κ3) is 6.48. The number of benzene rings is 2. The lowest BCUT2D eigenvalue weighted by Crippen LogP contribution is -3.06. The van der Waals surface area contributed by atoms with Crippen molar-refractivity contribution in [2.24, 2.45) is 0 Å². The lowest BCUT2D eigenvalue weighted by atomic mass is 10.1. The zero-order valence-corrected chi connectivity index (χ0v) is 16.0. The quantitative estimate of drug-likeness (QED) is 0.437. The summed E-state index contributed by atoms with van der Waals surface area (Å²) in [7, 11) is 4.04. The van der Waals surface area contributed by atoms with Crippen molar-refractivity contribution in [3.05, 3.63) is 75.8 Å².